The van der Waals surface area contributed by atoms with E-state index >= 15 is 0 Å². The van der Waals surface area contributed by atoms with Crippen LogP contribution in [0.2, 0.25) is 0 Å². The molecule has 0 atom stereocenters. The Morgan fingerprint density at radius 2 is 2.17 bits per heavy atom. The maximum atomic E-state index is 12.5. The molecule has 0 fully saturated rings. The first-order chi connectivity index (χ1) is 14.0. The number of nitrogens with zero attached hydrogens (tertiary/aromatic N) is 4. The normalized spacial score (nSPS) is 13.6. The summed E-state index contributed by atoms with van der Waals surface area (Å²) < 4.78 is 9.33. The van der Waals surface area contributed by atoms with E-state index in [0.717, 1.165) is 28.7 Å². The van der Waals surface area contributed by atoms with E-state index in [1.807, 2.05) is 59.7 Å². The lowest BCUT2D eigenvalue weighted by molar-refractivity contribution is -0.122. The number of carbonyl (C=O) groups excluding carboxylic acids is 2. The average Bonchev–Trinajstić information content (AvgIpc) is 3.41. The molecule has 1 aliphatic heterocycles. The van der Waals surface area contributed by atoms with Crippen LogP contribution >= 0.6 is 0 Å². The lowest BCUT2D eigenvalue weighted by Crippen LogP contribution is -2.38. The van der Waals surface area contributed by atoms with Crippen molar-refractivity contribution in [3.63, 3.8) is 0 Å². The Morgan fingerprint density at radius 3 is 2.90 bits per heavy atom. The second-order valence-corrected chi connectivity index (χ2v) is 7.30. The highest BCUT2D eigenvalue weighted by Crippen LogP contribution is 2.28. The Hall–Kier alpha value is -3.29. The van der Waals surface area contributed by atoms with Crippen LogP contribution in [0.15, 0.2) is 40.9 Å². The summed E-state index contributed by atoms with van der Waals surface area (Å²) in [6, 6.07) is 9.65. The number of furan rings is 1. The molecule has 0 aliphatic carbocycles. The predicted molar refractivity (Wildman–Crippen MR) is 108 cm³/mol. The monoisotopic (exact) mass is 395 g/mol. The molecule has 0 spiro atoms. The van der Waals surface area contributed by atoms with E-state index in [4.69, 9.17) is 4.42 Å². The van der Waals surface area contributed by atoms with Gasteiger partial charge in [0, 0.05) is 38.7 Å². The van der Waals surface area contributed by atoms with Crippen molar-refractivity contribution >= 4 is 17.6 Å². The fourth-order valence-electron chi connectivity index (χ4n) is 3.60. The third-order valence-corrected chi connectivity index (χ3v) is 5.12. The van der Waals surface area contributed by atoms with Crippen molar-refractivity contribution in [3.8, 4) is 11.4 Å². The van der Waals surface area contributed by atoms with Crippen LogP contribution in [0.25, 0.3) is 11.4 Å². The van der Waals surface area contributed by atoms with E-state index in [1.165, 1.54) is 0 Å². The summed E-state index contributed by atoms with van der Waals surface area (Å²) in [6.45, 7) is 3.32. The Kier molecular flexibility index (Phi) is 5.24. The van der Waals surface area contributed by atoms with Crippen LogP contribution in [0.3, 0.4) is 0 Å². The minimum absolute atomic E-state index is 0.0541. The molecule has 0 saturated carbocycles. The van der Waals surface area contributed by atoms with E-state index in [0.29, 0.717) is 38.9 Å². The lowest BCUT2D eigenvalue weighted by Gasteiger charge is -2.27. The molecule has 29 heavy (non-hydrogen) atoms. The van der Waals surface area contributed by atoms with Gasteiger partial charge >= 0.3 is 0 Å². The van der Waals surface area contributed by atoms with Crippen LogP contribution in [0, 0.1) is 6.92 Å². The van der Waals surface area contributed by atoms with Crippen LogP contribution in [-0.4, -0.2) is 32.7 Å². The molecule has 0 aromatic carbocycles. The molecule has 0 unspecified atom stereocenters. The number of nitrogens with one attached hydrogen (secondary N) is 1. The second kappa shape index (κ2) is 7.98. The van der Waals surface area contributed by atoms with Gasteiger partial charge < -0.3 is 14.3 Å². The van der Waals surface area contributed by atoms with Crippen molar-refractivity contribution in [3.05, 3.63) is 48.0 Å². The SMILES string of the molecule is Cc1ccc(CNC(=O)CCCN2C(=O)CCn3nc(-c4cccn4C)cc32)o1. The van der Waals surface area contributed by atoms with E-state index in [-0.39, 0.29) is 11.8 Å². The van der Waals surface area contributed by atoms with Gasteiger partial charge in [-0.3, -0.25) is 14.5 Å². The van der Waals surface area contributed by atoms with Gasteiger partial charge in [0.1, 0.15) is 23.0 Å². The number of hydrogen-bond donors (Lipinski definition) is 1. The fourth-order valence-corrected chi connectivity index (χ4v) is 3.60. The molecular weight excluding hydrogens is 370 g/mol. The van der Waals surface area contributed by atoms with Crippen LogP contribution in [0.5, 0.6) is 0 Å². The topological polar surface area (TPSA) is 85.3 Å². The van der Waals surface area contributed by atoms with E-state index in [2.05, 4.69) is 10.4 Å². The van der Waals surface area contributed by atoms with Gasteiger partial charge in [0.2, 0.25) is 11.8 Å². The average molecular weight is 395 g/mol. The van der Waals surface area contributed by atoms with Crippen LogP contribution < -0.4 is 10.2 Å². The summed E-state index contributed by atoms with van der Waals surface area (Å²) in [5.41, 5.74) is 1.85. The molecule has 8 heteroatoms. The zero-order valence-corrected chi connectivity index (χ0v) is 16.7. The summed E-state index contributed by atoms with van der Waals surface area (Å²) in [5, 5.41) is 7.51. The molecule has 0 saturated heterocycles. The molecule has 4 heterocycles. The summed E-state index contributed by atoms with van der Waals surface area (Å²) >= 11 is 0. The summed E-state index contributed by atoms with van der Waals surface area (Å²) in [4.78, 5) is 26.3. The van der Waals surface area contributed by atoms with Gasteiger partial charge in [-0.15, -0.1) is 0 Å². The number of amides is 2. The van der Waals surface area contributed by atoms with Crippen molar-refractivity contribution in [1.82, 2.24) is 19.7 Å². The number of hydrogen-bond acceptors (Lipinski definition) is 4. The molecule has 1 aliphatic rings. The number of anilines is 1. The van der Waals surface area contributed by atoms with Crippen molar-refractivity contribution in [2.45, 2.75) is 39.3 Å². The van der Waals surface area contributed by atoms with E-state index in [9.17, 15) is 9.59 Å². The predicted octanol–water partition coefficient (Wildman–Crippen LogP) is 2.62. The van der Waals surface area contributed by atoms with E-state index < -0.39 is 0 Å². The Morgan fingerprint density at radius 1 is 1.31 bits per heavy atom. The number of carbonyl (C=O) groups is 2. The summed E-state index contributed by atoms with van der Waals surface area (Å²) in [7, 11) is 1.97. The van der Waals surface area contributed by atoms with Crippen molar-refractivity contribution < 1.29 is 14.0 Å². The van der Waals surface area contributed by atoms with Gasteiger partial charge in [-0.1, -0.05) is 0 Å². The second-order valence-electron chi connectivity index (χ2n) is 7.30. The largest absolute Gasteiger partial charge is 0.465 e. The molecule has 3 aromatic rings. The highest BCUT2D eigenvalue weighted by molar-refractivity contribution is 5.94. The maximum absolute atomic E-state index is 12.5. The molecular formula is C21H25N5O3. The van der Waals surface area contributed by atoms with Gasteiger partial charge in [-0.2, -0.15) is 5.10 Å². The van der Waals surface area contributed by atoms with Gasteiger partial charge in [0.25, 0.3) is 0 Å². The zero-order valence-electron chi connectivity index (χ0n) is 16.7. The van der Waals surface area contributed by atoms with Crippen molar-refractivity contribution in [2.75, 3.05) is 11.4 Å². The third-order valence-electron chi connectivity index (χ3n) is 5.12. The molecule has 3 aromatic heterocycles. The first-order valence-corrected chi connectivity index (χ1v) is 9.83. The molecule has 0 radical (unpaired) electrons. The fraction of sp³-hybridized carbons (Fsp3) is 0.381. The third kappa shape index (κ3) is 4.11. The van der Waals surface area contributed by atoms with Crippen LogP contribution in [-0.2, 0) is 29.7 Å². The lowest BCUT2D eigenvalue weighted by atomic mass is 10.2. The van der Waals surface area contributed by atoms with Crippen molar-refractivity contribution in [2.24, 2.45) is 7.05 Å². The number of aromatic nitrogens is 3. The minimum Gasteiger partial charge on any atom is -0.465 e. The summed E-state index contributed by atoms with van der Waals surface area (Å²) in [6.07, 6.45) is 3.33. The molecule has 2 amide bonds. The molecule has 8 nitrogen and oxygen atoms in total. The Bertz CT molecular complexity index is 1030. The number of rotatable bonds is 7. The molecule has 4 rings (SSSR count). The minimum atomic E-state index is -0.0541. The smallest absolute Gasteiger partial charge is 0.229 e. The molecule has 0 bridgehead atoms. The Balaban J connectivity index is 1.35. The highest BCUT2D eigenvalue weighted by atomic mass is 16.3. The van der Waals surface area contributed by atoms with Crippen molar-refractivity contribution in [1.29, 1.82) is 0 Å². The molecule has 1 N–H and O–H groups in total. The van der Waals surface area contributed by atoms with Gasteiger partial charge in [0.15, 0.2) is 0 Å². The first kappa shape index (κ1) is 19.0. The number of fused-ring (bicyclic) bond motifs is 1. The van der Waals surface area contributed by atoms with E-state index in [1.54, 1.807) is 4.90 Å². The quantitative estimate of drug-likeness (QED) is 0.666. The van der Waals surface area contributed by atoms with Gasteiger partial charge in [0.05, 0.1) is 18.8 Å². The maximum Gasteiger partial charge on any atom is 0.229 e. The van der Waals surface area contributed by atoms with Crippen LogP contribution in [0.1, 0.15) is 30.8 Å². The first-order valence-electron chi connectivity index (χ1n) is 9.83. The zero-order chi connectivity index (χ0) is 20.4. The standard InChI is InChI=1S/C21H25N5O3/c1-15-7-8-16(29-15)14-22-19(27)6-4-11-25-20-13-17(18-5-3-10-24(18)2)23-26(20)12-9-21(25)28/h3,5,7-8,10,13H,4,6,9,11-12,14H2,1-2H3,(H,22,27). The number of aryl methyl sites for hydroxylation is 3. The van der Waals surface area contributed by atoms with Crippen LogP contribution in [0.4, 0.5) is 5.82 Å². The highest BCUT2D eigenvalue weighted by Gasteiger charge is 2.26. The Labute approximate surface area is 169 Å². The van der Waals surface area contributed by atoms with Gasteiger partial charge in [-0.05, 0) is 37.6 Å². The summed E-state index contributed by atoms with van der Waals surface area (Å²) in [5.74, 6) is 2.37. The van der Waals surface area contributed by atoms with Gasteiger partial charge in [-0.25, -0.2) is 4.68 Å². The molecule has 152 valence electrons.